The second kappa shape index (κ2) is 6.02. The predicted octanol–water partition coefficient (Wildman–Crippen LogP) is 2.63. The Morgan fingerprint density at radius 1 is 1.06 bits per heavy atom. The molecule has 1 atom stereocenters. The molecule has 1 aliphatic carbocycles. The average Bonchev–Trinajstić information content (AvgIpc) is 2.34. The highest BCUT2D eigenvalue weighted by molar-refractivity contribution is 4.85. The molecule has 0 aromatic heterocycles. The van der Waals surface area contributed by atoms with Crippen molar-refractivity contribution < 1.29 is 0 Å². The molecule has 1 aliphatic heterocycles. The van der Waals surface area contributed by atoms with Gasteiger partial charge in [0.2, 0.25) is 0 Å². The molecule has 0 bridgehead atoms. The Hall–Kier alpha value is -0.0800. The van der Waals surface area contributed by atoms with Crippen molar-refractivity contribution in [2.75, 3.05) is 19.6 Å². The van der Waals surface area contributed by atoms with Crippen LogP contribution in [0.4, 0.5) is 0 Å². The van der Waals surface area contributed by atoms with E-state index in [0.29, 0.717) is 6.04 Å². The summed E-state index contributed by atoms with van der Waals surface area (Å²) in [5, 5.41) is 0. The first-order valence-electron chi connectivity index (χ1n) is 7.25. The summed E-state index contributed by atoms with van der Waals surface area (Å²) in [5.41, 5.74) is 6.03. The summed E-state index contributed by atoms with van der Waals surface area (Å²) in [6.45, 7) is 5.87. The molecule has 1 heterocycles. The Bertz CT molecular complexity index is 191. The summed E-state index contributed by atoms with van der Waals surface area (Å²) >= 11 is 0. The summed E-state index contributed by atoms with van der Waals surface area (Å²) < 4.78 is 0. The third-order valence-corrected chi connectivity index (χ3v) is 4.71. The minimum absolute atomic E-state index is 0.688. The SMILES string of the molecule is CC1CCC(C(CN)N2CCCCC2)CC1. The first kappa shape index (κ1) is 12.4. The van der Waals surface area contributed by atoms with Crippen molar-refractivity contribution in [3.8, 4) is 0 Å². The largest absolute Gasteiger partial charge is 0.329 e. The summed E-state index contributed by atoms with van der Waals surface area (Å²) in [7, 11) is 0. The summed E-state index contributed by atoms with van der Waals surface area (Å²) in [5.74, 6) is 1.84. The molecule has 94 valence electrons. The van der Waals surface area contributed by atoms with E-state index in [1.807, 2.05) is 0 Å². The summed E-state index contributed by atoms with van der Waals surface area (Å²) in [6.07, 6.45) is 9.89. The minimum Gasteiger partial charge on any atom is -0.329 e. The van der Waals surface area contributed by atoms with E-state index in [1.54, 1.807) is 0 Å². The van der Waals surface area contributed by atoms with Crippen LogP contribution >= 0.6 is 0 Å². The van der Waals surface area contributed by atoms with Crippen LogP contribution in [0.3, 0.4) is 0 Å². The van der Waals surface area contributed by atoms with E-state index in [9.17, 15) is 0 Å². The second-order valence-corrected chi connectivity index (χ2v) is 5.92. The van der Waals surface area contributed by atoms with Crippen LogP contribution in [0, 0.1) is 11.8 Å². The standard InChI is InChI=1S/C14H28N2/c1-12-5-7-13(8-6-12)14(11-15)16-9-3-2-4-10-16/h12-14H,2-11,15H2,1H3. The van der Waals surface area contributed by atoms with E-state index in [-0.39, 0.29) is 0 Å². The Kier molecular flexibility index (Phi) is 4.66. The van der Waals surface area contributed by atoms with Gasteiger partial charge in [0, 0.05) is 12.6 Å². The van der Waals surface area contributed by atoms with Gasteiger partial charge in [0.25, 0.3) is 0 Å². The Balaban J connectivity index is 1.88. The van der Waals surface area contributed by atoms with Gasteiger partial charge in [-0.3, -0.25) is 4.90 Å². The number of hydrogen-bond donors (Lipinski definition) is 1. The third-order valence-electron chi connectivity index (χ3n) is 4.71. The van der Waals surface area contributed by atoms with Crippen LogP contribution in [0.1, 0.15) is 51.9 Å². The molecule has 2 N–H and O–H groups in total. The first-order chi connectivity index (χ1) is 7.81. The van der Waals surface area contributed by atoms with Crippen molar-refractivity contribution in [2.45, 2.75) is 57.9 Å². The Morgan fingerprint density at radius 2 is 1.69 bits per heavy atom. The molecule has 2 rings (SSSR count). The molecule has 0 aromatic rings. The van der Waals surface area contributed by atoms with Crippen LogP contribution < -0.4 is 5.73 Å². The maximum absolute atomic E-state index is 6.03. The molecule has 2 nitrogen and oxygen atoms in total. The zero-order valence-electron chi connectivity index (χ0n) is 10.8. The van der Waals surface area contributed by atoms with Crippen molar-refractivity contribution in [1.82, 2.24) is 4.90 Å². The molecule has 1 saturated carbocycles. The normalized spacial score (nSPS) is 34.9. The highest BCUT2D eigenvalue weighted by atomic mass is 15.2. The monoisotopic (exact) mass is 224 g/mol. The molecule has 1 saturated heterocycles. The molecule has 2 fully saturated rings. The third kappa shape index (κ3) is 2.98. The fourth-order valence-corrected chi connectivity index (χ4v) is 3.56. The topological polar surface area (TPSA) is 29.3 Å². The quantitative estimate of drug-likeness (QED) is 0.798. The molecule has 0 radical (unpaired) electrons. The van der Waals surface area contributed by atoms with E-state index in [1.165, 1.54) is 58.0 Å². The zero-order chi connectivity index (χ0) is 11.4. The maximum atomic E-state index is 6.03. The van der Waals surface area contributed by atoms with Gasteiger partial charge in [0.05, 0.1) is 0 Å². The fraction of sp³-hybridized carbons (Fsp3) is 1.00. The lowest BCUT2D eigenvalue weighted by atomic mass is 9.78. The number of rotatable bonds is 3. The lowest BCUT2D eigenvalue weighted by molar-refractivity contribution is 0.0938. The molecule has 0 aromatic carbocycles. The second-order valence-electron chi connectivity index (χ2n) is 5.92. The van der Waals surface area contributed by atoms with E-state index in [2.05, 4.69) is 11.8 Å². The predicted molar refractivity (Wildman–Crippen MR) is 69.4 cm³/mol. The van der Waals surface area contributed by atoms with Crippen LogP contribution in [0.5, 0.6) is 0 Å². The van der Waals surface area contributed by atoms with E-state index in [4.69, 9.17) is 5.73 Å². The number of piperidine rings is 1. The lowest BCUT2D eigenvalue weighted by Crippen LogP contribution is -2.48. The van der Waals surface area contributed by atoms with E-state index < -0.39 is 0 Å². The van der Waals surface area contributed by atoms with Crippen molar-refractivity contribution in [3.05, 3.63) is 0 Å². The van der Waals surface area contributed by atoms with E-state index >= 15 is 0 Å². The molecule has 2 aliphatic rings. The van der Waals surface area contributed by atoms with Crippen LogP contribution in [-0.4, -0.2) is 30.6 Å². The molecule has 16 heavy (non-hydrogen) atoms. The van der Waals surface area contributed by atoms with Gasteiger partial charge in [-0.15, -0.1) is 0 Å². The van der Waals surface area contributed by atoms with Gasteiger partial charge in [0.1, 0.15) is 0 Å². The van der Waals surface area contributed by atoms with Gasteiger partial charge in [-0.05, 0) is 50.6 Å². The molecule has 1 unspecified atom stereocenters. The van der Waals surface area contributed by atoms with Gasteiger partial charge >= 0.3 is 0 Å². The van der Waals surface area contributed by atoms with Crippen LogP contribution in [0.15, 0.2) is 0 Å². The molecular formula is C14H28N2. The average molecular weight is 224 g/mol. The molecular weight excluding hydrogens is 196 g/mol. The number of likely N-dealkylation sites (tertiary alicyclic amines) is 1. The van der Waals surface area contributed by atoms with Crippen LogP contribution in [0.2, 0.25) is 0 Å². The Morgan fingerprint density at radius 3 is 2.25 bits per heavy atom. The fourth-order valence-electron chi connectivity index (χ4n) is 3.56. The molecule has 0 spiro atoms. The Labute approximate surface area is 101 Å². The van der Waals surface area contributed by atoms with Crippen molar-refractivity contribution in [3.63, 3.8) is 0 Å². The number of hydrogen-bond acceptors (Lipinski definition) is 2. The van der Waals surface area contributed by atoms with Gasteiger partial charge in [-0.1, -0.05) is 26.2 Å². The van der Waals surface area contributed by atoms with Gasteiger partial charge in [0.15, 0.2) is 0 Å². The highest BCUT2D eigenvalue weighted by Gasteiger charge is 2.29. The van der Waals surface area contributed by atoms with Gasteiger partial charge in [-0.2, -0.15) is 0 Å². The first-order valence-corrected chi connectivity index (χ1v) is 7.25. The van der Waals surface area contributed by atoms with E-state index in [0.717, 1.165) is 18.4 Å². The zero-order valence-corrected chi connectivity index (χ0v) is 10.8. The minimum atomic E-state index is 0.688. The summed E-state index contributed by atoms with van der Waals surface area (Å²) in [6, 6.07) is 0.688. The van der Waals surface area contributed by atoms with Crippen molar-refractivity contribution in [1.29, 1.82) is 0 Å². The molecule has 2 heteroatoms. The van der Waals surface area contributed by atoms with Crippen molar-refractivity contribution >= 4 is 0 Å². The number of nitrogens with zero attached hydrogens (tertiary/aromatic N) is 1. The van der Waals surface area contributed by atoms with Crippen LogP contribution in [0.25, 0.3) is 0 Å². The van der Waals surface area contributed by atoms with Crippen molar-refractivity contribution in [2.24, 2.45) is 17.6 Å². The van der Waals surface area contributed by atoms with Gasteiger partial charge in [-0.25, -0.2) is 0 Å². The van der Waals surface area contributed by atoms with Gasteiger partial charge < -0.3 is 5.73 Å². The smallest absolute Gasteiger partial charge is 0.0246 e. The highest BCUT2D eigenvalue weighted by Crippen LogP contribution is 2.32. The summed E-state index contributed by atoms with van der Waals surface area (Å²) in [4.78, 5) is 2.68. The van der Waals surface area contributed by atoms with Crippen LogP contribution in [-0.2, 0) is 0 Å². The number of nitrogens with two attached hydrogens (primary N) is 1. The maximum Gasteiger partial charge on any atom is 0.0246 e. The lowest BCUT2D eigenvalue weighted by Gasteiger charge is -2.41. The molecule has 0 amide bonds.